The van der Waals surface area contributed by atoms with Gasteiger partial charge in [-0.15, -0.1) is 11.3 Å². The summed E-state index contributed by atoms with van der Waals surface area (Å²) in [4.78, 5) is 15.3. The van der Waals surface area contributed by atoms with Gasteiger partial charge in [0, 0.05) is 0 Å². The van der Waals surface area contributed by atoms with E-state index in [-0.39, 0.29) is 56.1 Å². The number of thiophene rings is 1. The standard InChI is InChI=1S/C7H5BF3N2OS.K/c9-8(10,11)3-13-4-12-5-1-2-15-6(5)7(13)14;/h1-2,4H,3H2;/q-1;+1. The van der Waals surface area contributed by atoms with Gasteiger partial charge in [0.15, 0.2) is 0 Å². The predicted octanol–water partition coefficient (Wildman–Crippen LogP) is -1.15. The van der Waals surface area contributed by atoms with Crippen LogP contribution >= 0.6 is 11.3 Å². The molecule has 0 unspecified atom stereocenters. The van der Waals surface area contributed by atoms with Crippen molar-refractivity contribution in [3.05, 3.63) is 28.1 Å². The summed E-state index contributed by atoms with van der Waals surface area (Å²) in [5.74, 6) is 0. The first-order chi connectivity index (χ1) is 6.97. The number of fused-ring (bicyclic) bond motifs is 1. The predicted molar refractivity (Wildman–Crippen MR) is 53.0 cm³/mol. The summed E-state index contributed by atoms with van der Waals surface area (Å²) in [5, 5.41) is 1.63. The molecular formula is C7H5BF3KN2OS. The second kappa shape index (κ2) is 5.32. The van der Waals surface area contributed by atoms with Gasteiger partial charge in [0.2, 0.25) is 0 Å². The van der Waals surface area contributed by atoms with Crippen molar-refractivity contribution in [3.63, 3.8) is 0 Å². The smallest absolute Gasteiger partial charge is 0.448 e. The average molecular weight is 272 g/mol. The minimum Gasteiger partial charge on any atom is -0.448 e. The Hall–Kier alpha value is 0.331. The first-order valence-electron chi connectivity index (χ1n) is 4.11. The van der Waals surface area contributed by atoms with Crippen LogP contribution in [-0.4, -0.2) is 16.5 Å². The van der Waals surface area contributed by atoms with E-state index < -0.39 is 19.0 Å². The third-order valence-electron chi connectivity index (χ3n) is 1.84. The quantitative estimate of drug-likeness (QED) is 0.647. The summed E-state index contributed by atoms with van der Waals surface area (Å²) >= 11 is 1.10. The zero-order valence-electron chi connectivity index (χ0n) is 8.36. The third kappa shape index (κ3) is 3.17. The van der Waals surface area contributed by atoms with Gasteiger partial charge in [0.25, 0.3) is 5.56 Å². The van der Waals surface area contributed by atoms with E-state index in [9.17, 15) is 17.7 Å². The van der Waals surface area contributed by atoms with E-state index in [1.807, 2.05) is 0 Å². The minimum atomic E-state index is -5.02. The van der Waals surface area contributed by atoms with Gasteiger partial charge in [-0.05, 0) is 17.9 Å². The zero-order valence-corrected chi connectivity index (χ0v) is 12.3. The number of halogens is 3. The molecule has 3 nitrogen and oxygen atoms in total. The monoisotopic (exact) mass is 272 g/mol. The number of aromatic nitrogens is 2. The normalized spacial score (nSPS) is 11.4. The molecule has 9 heteroatoms. The van der Waals surface area contributed by atoms with Crippen LogP contribution in [0.4, 0.5) is 12.9 Å². The van der Waals surface area contributed by atoms with E-state index in [2.05, 4.69) is 4.98 Å². The van der Waals surface area contributed by atoms with E-state index >= 15 is 0 Å². The third-order valence-corrected chi connectivity index (χ3v) is 2.73. The zero-order chi connectivity index (χ0) is 11.1. The van der Waals surface area contributed by atoms with Crippen LogP contribution in [0.25, 0.3) is 10.2 Å². The van der Waals surface area contributed by atoms with Crippen LogP contribution in [0.3, 0.4) is 0 Å². The molecule has 0 aliphatic carbocycles. The van der Waals surface area contributed by atoms with Gasteiger partial charge < -0.3 is 17.5 Å². The maximum absolute atomic E-state index is 12.1. The van der Waals surface area contributed by atoms with Crippen LogP contribution < -0.4 is 56.9 Å². The summed E-state index contributed by atoms with van der Waals surface area (Å²) < 4.78 is 37.2. The van der Waals surface area contributed by atoms with Crippen molar-refractivity contribution in [1.82, 2.24) is 9.55 Å². The van der Waals surface area contributed by atoms with E-state index in [1.54, 1.807) is 11.4 Å². The van der Waals surface area contributed by atoms with Crippen molar-refractivity contribution in [1.29, 1.82) is 0 Å². The molecule has 0 N–H and O–H groups in total. The van der Waals surface area contributed by atoms with Crippen molar-refractivity contribution >= 4 is 28.5 Å². The molecule has 0 atom stereocenters. The molecule has 16 heavy (non-hydrogen) atoms. The fraction of sp³-hybridized carbons (Fsp3) is 0.143. The number of rotatable bonds is 2. The van der Waals surface area contributed by atoms with Gasteiger partial charge in [-0.25, -0.2) is 4.98 Å². The molecule has 0 amide bonds. The Morgan fingerprint density at radius 3 is 2.75 bits per heavy atom. The van der Waals surface area contributed by atoms with Gasteiger partial charge in [0.05, 0.1) is 11.8 Å². The van der Waals surface area contributed by atoms with Crippen molar-refractivity contribution < 1.29 is 64.3 Å². The average Bonchev–Trinajstić information content (AvgIpc) is 2.56. The topological polar surface area (TPSA) is 34.9 Å². The van der Waals surface area contributed by atoms with Crippen LogP contribution in [0.2, 0.25) is 0 Å². The van der Waals surface area contributed by atoms with Crippen molar-refractivity contribution in [3.8, 4) is 0 Å². The molecule has 0 aliphatic rings. The second-order valence-electron chi connectivity index (χ2n) is 3.05. The molecule has 0 aromatic carbocycles. The largest absolute Gasteiger partial charge is 1.00 e. The summed E-state index contributed by atoms with van der Waals surface area (Å²) in [6.07, 6.45) is -0.299. The molecular weight excluding hydrogens is 267 g/mol. The van der Waals surface area contributed by atoms with E-state index in [0.717, 1.165) is 17.7 Å². The molecule has 2 aromatic heterocycles. The second-order valence-corrected chi connectivity index (χ2v) is 3.96. The molecule has 0 saturated carbocycles. The first kappa shape index (κ1) is 14.4. The maximum atomic E-state index is 12.1. The molecule has 0 aliphatic heterocycles. The van der Waals surface area contributed by atoms with Crippen LogP contribution in [-0.2, 0) is 6.44 Å². The fourth-order valence-corrected chi connectivity index (χ4v) is 2.02. The SMILES string of the molecule is O=c1c2sccc2ncn1C[B-](F)(F)F.[K+]. The van der Waals surface area contributed by atoms with Crippen LogP contribution in [0.5, 0.6) is 0 Å². The van der Waals surface area contributed by atoms with Crippen molar-refractivity contribution in [2.24, 2.45) is 0 Å². The Balaban J connectivity index is 0.00000128. The molecule has 0 fully saturated rings. The van der Waals surface area contributed by atoms with E-state index in [4.69, 9.17) is 0 Å². The Bertz CT molecular complexity index is 552. The molecule has 80 valence electrons. The Morgan fingerprint density at radius 2 is 2.12 bits per heavy atom. The molecule has 0 saturated heterocycles. The maximum Gasteiger partial charge on any atom is 1.00 e. The molecule has 0 spiro atoms. The number of nitrogens with zero attached hydrogens (tertiary/aromatic N) is 2. The van der Waals surface area contributed by atoms with Crippen molar-refractivity contribution in [2.45, 2.75) is 6.44 Å². The van der Waals surface area contributed by atoms with Crippen LogP contribution in [0.1, 0.15) is 0 Å². The number of hydrogen-bond acceptors (Lipinski definition) is 3. The summed E-state index contributed by atoms with van der Waals surface area (Å²) in [7, 11) is 0. The molecule has 2 rings (SSSR count). The Kier molecular flexibility index (Phi) is 4.78. The Labute approximate surface area is 135 Å². The van der Waals surface area contributed by atoms with E-state index in [0.29, 0.717) is 10.1 Å². The number of hydrogen-bond donors (Lipinski definition) is 0. The van der Waals surface area contributed by atoms with Crippen LogP contribution in [0.15, 0.2) is 22.6 Å². The summed E-state index contributed by atoms with van der Waals surface area (Å²) in [6, 6.07) is 1.60. The Morgan fingerprint density at radius 1 is 1.44 bits per heavy atom. The van der Waals surface area contributed by atoms with Gasteiger partial charge in [-0.2, -0.15) is 0 Å². The summed E-state index contributed by atoms with van der Waals surface area (Å²) in [5.41, 5.74) is -0.190. The fourth-order valence-electron chi connectivity index (χ4n) is 1.23. The molecule has 2 heterocycles. The van der Waals surface area contributed by atoms with Gasteiger partial charge in [-0.3, -0.25) is 4.79 Å². The van der Waals surface area contributed by atoms with E-state index in [1.165, 1.54) is 0 Å². The molecule has 0 radical (unpaired) electrons. The van der Waals surface area contributed by atoms with Crippen molar-refractivity contribution in [2.75, 3.05) is 0 Å². The molecule has 2 aromatic rings. The first-order valence-corrected chi connectivity index (χ1v) is 4.99. The van der Waals surface area contributed by atoms with Gasteiger partial charge >= 0.3 is 58.4 Å². The van der Waals surface area contributed by atoms with Crippen LogP contribution in [0, 0.1) is 0 Å². The minimum absolute atomic E-state index is 0. The summed E-state index contributed by atoms with van der Waals surface area (Å²) in [6.45, 7) is -5.02. The van der Waals surface area contributed by atoms with Gasteiger partial charge in [-0.1, -0.05) is 0 Å². The molecule has 0 bridgehead atoms. The van der Waals surface area contributed by atoms with Gasteiger partial charge in [0.1, 0.15) is 4.70 Å².